The van der Waals surface area contributed by atoms with Gasteiger partial charge >= 0.3 is 0 Å². The monoisotopic (exact) mass is 558 g/mol. The van der Waals surface area contributed by atoms with Gasteiger partial charge in [0.25, 0.3) is 5.91 Å². The lowest BCUT2D eigenvalue weighted by atomic mass is 10.1. The highest BCUT2D eigenvalue weighted by Crippen LogP contribution is 2.20. The van der Waals surface area contributed by atoms with Crippen LogP contribution in [0.1, 0.15) is 32.2 Å². The summed E-state index contributed by atoms with van der Waals surface area (Å²) < 4.78 is 27.9. The molecule has 5 nitrogen and oxygen atoms in total. The summed E-state index contributed by atoms with van der Waals surface area (Å²) >= 11 is 1.43. The normalized spacial score (nSPS) is 14.3. The number of rotatable bonds is 10. The van der Waals surface area contributed by atoms with Gasteiger partial charge in [-0.15, -0.1) is 11.3 Å². The molecule has 1 amide bonds. The first kappa shape index (κ1) is 27.8. The van der Waals surface area contributed by atoms with Crippen LogP contribution in [0.15, 0.2) is 90.3 Å². The van der Waals surface area contributed by atoms with Crippen molar-refractivity contribution in [2.45, 2.75) is 19.6 Å². The quantitative estimate of drug-likeness (QED) is 0.236. The molecule has 206 valence electrons. The van der Waals surface area contributed by atoms with Gasteiger partial charge in [-0.1, -0.05) is 72.8 Å². The van der Waals surface area contributed by atoms with E-state index in [1.807, 2.05) is 34.5 Å². The predicted octanol–water partition coefficient (Wildman–Crippen LogP) is 6.09. The van der Waals surface area contributed by atoms with Crippen molar-refractivity contribution in [1.29, 1.82) is 0 Å². The van der Waals surface area contributed by atoms with Gasteiger partial charge in [-0.2, -0.15) is 0 Å². The standard InChI is InChI=1S/C32H32F2N4OS/c33-28-14-12-26(13-15-28)21-37(22-27-10-4-5-11-29(27)34)23-31-35-30(24-40-31)32(39)38-19-17-36(18-20-38)16-6-9-25-7-2-1-3-8-25/h1-15,24H,16-23H2. The molecule has 1 aliphatic heterocycles. The summed E-state index contributed by atoms with van der Waals surface area (Å²) in [7, 11) is 0. The Kier molecular flexibility index (Phi) is 9.44. The molecule has 40 heavy (non-hydrogen) atoms. The van der Waals surface area contributed by atoms with Gasteiger partial charge in [0.15, 0.2) is 0 Å². The number of aromatic nitrogens is 1. The fraction of sp³-hybridized carbons (Fsp3) is 0.250. The molecule has 1 saturated heterocycles. The van der Waals surface area contributed by atoms with E-state index in [-0.39, 0.29) is 17.5 Å². The smallest absolute Gasteiger partial charge is 0.273 e. The van der Waals surface area contributed by atoms with E-state index >= 15 is 0 Å². The third-order valence-corrected chi connectivity index (χ3v) is 7.77. The molecule has 0 saturated carbocycles. The van der Waals surface area contributed by atoms with Gasteiger partial charge < -0.3 is 4.90 Å². The van der Waals surface area contributed by atoms with Crippen molar-refractivity contribution in [2.75, 3.05) is 32.7 Å². The Morgan fingerprint density at radius 1 is 0.875 bits per heavy atom. The lowest BCUT2D eigenvalue weighted by Gasteiger charge is -2.33. The molecular weight excluding hydrogens is 526 g/mol. The summed E-state index contributed by atoms with van der Waals surface area (Å²) in [6.45, 7) is 5.12. The Morgan fingerprint density at radius 3 is 2.35 bits per heavy atom. The minimum atomic E-state index is -0.294. The zero-order valence-corrected chi connectivity index (χ0v) is 23.1. The van der Waals surface area contributed by atoms with E-state index in [0.717, 1.165) is 30.2 Å². The Labute approximate surface area is 238 Å². The molecule has 1 aromatic heterocycles. The predicted molar refractivity (Wildman–Crippen MR) is 156 cm³/mol. The van der Waals surface area contributed by atoms with Crippen LogP contribution in [0.4, 0.5) is 8.78 Å². The summed E-state index contributed by atoms with van der Waals surface area (Å²) in [6.07, 6.45) is 4.29. The van der Waals surface area contributed by atoms with E-state index in [0.29, 0.717) is 44.0 Å². The molecule has 0 unspecified atom stereocenters. The second kappa shape index (κ2) is 13.6. The molecule has 3 aromatic carbocycles. The average Bonchev–Trinajstić information content (AvgIpc) is 3.44. The minimum absolute atomic E-state index is 0.0545. The fourth-order valence-electron chi connectivity index (χ4n) is 4.75. The van der Waals surface area contributed by atoms with E-state index in [4.69, 9.17) is 0 Å². The van der Waals surface area contributed by atoms with E-state index in [9.17, 15) is 13.6 Å². The number of halogens is 2. The van der Waals surface area contributed by atoms with Gasteiger partial charge in [0.2, 0.25) is 0 Å². The summed E-state index contributed by atoms with van der Waals surface area (Å²) in [5.41, 5.74) is 3.13. The van der Waals surface area contributed by atoms with Crippen molar-refractivity contribution >= 4 is 23.3 Å². The molecule has 0 bridgehead atoms. The molecule has 4 aromatic rings. The number of hydrogen-bond donors (Lipinski definition) is 0. The van der Waals surface area contributed by atoms with Gasteiger partial charge in [0, 0.05) is 56.8 Å². The molecule has 5 rings (SSSR count). The van der Waals surface area contributed by atoms with Crippen molar-refractivity contribution in [3.05, 3.63) is 129 Å². The maximum atomic E-state index is 14.4. The molecule has 2 heterocycles. The molecule has 0 spiro atoms. The second-order valence-corrected chi connectivity index (χ2v) is 10.8. The SMILES string of the molecule is O=C(c1csc(CN(Cc2ccc(F)cc2)Cc2ccccc2F)n1)N1CCN(CC=Cc2ccccc2)CC1. The first-order chi connectivity index (χ1) is 19.5. The lowest BCUT2D eigenvalue weighted by molar-refractivity contribution is 0.0645. The zero-order chi connectivity index (χ0) is 27.7. The number of hydrogen-bond acceptors (Lipinski definition) is 5. The Bertz CT molecular complexity index is 1420. The van der Waals surface area contributed by atoms with Crippen molar-refractivity contribution in [2.24, 2.45) is 0 Å². The average molecular weight is 559 g/mol. The van der Waals surface area contributed by atoms with Crippen LogP contribution in [-0.4, -0.2) is 58.3 Å². The minimum Gasteiger partial charge on any atom is -0.335 e. The van der Waals surface area contributed by atoms with E-state index < -0.39 is 0 Å². The second-order valence-electron chi connectivity index (χ2n) is 9.90. The summed E-state index contributed by atoms with van der Waals surface area (Å²) in [5.74, 6) is -0.616. The van der Waals surface area contributed by atoms with E-state index in [1.165, 1.54) is 35.1 Å². The van der Waals surface area contributed by atoms with Crippen molar-refractivity contribution in [3.63, 3.8) is 0 Å². The molecule has 0 atom stereocenters. The third-order valence-electron chi connectivity index (χ3n) is 6.93. The van der Waals surface area contributed by atoms with Gasteiger partial charge in [0.1, 0.15) is 22.3 Å². The summed E-state index contributed by atoms with van der Waals surface area (Å²) in [4.78, 5) is 24.1. The molecular formula is C32H32F2N4OS. The number of nitrogens with zero attached hydrogens (tertiary/aromatic N) is 4. The van der Waals surface area contributed by atoms with Gasteiger partial charge in [0.05, 0.1) is 6.54 Å². The van der Waals surface area contributed by atoms with Crippen LogP contribution in [-0.2, 0) is 19.6 Å². The van der Waals surface area contributed by atoms with Crippen molar-refractivity contribution < 1.29 is 13.6 Å². The first-order valence-electron chi connectivity index (χ1n) is 13.4. The highest BCUT2D eigenvalue weighted by Gasteiger charge is 2.24. The Morgan fingerprint density at radius 2 is 1.60 bits per heavy atom. The number of carbonyl (C=O) groups is 1. The Hall–Kier alpha value is -3.72. The molecule has 8 heteroatoms. The fourth-order valence-corrected chi connectivity index (χ4v) is 5.56. The largest absolute Gasteiger partial charge is 0.335 e. The summed E-state index contributed by atoms with van der Waals surface area (Å²) in [5, 5.41) is 2.60. The van der Waals surface area contributed by atoms with Crippen LogP contribution < -0.4 is 0 Å². The number of benzene rings is 3. The highest BCUT2D eigenvalue weighted by atomic mass is 32.1. The zero-order valence-electron chi connectivity index (χ0n) is 22.3. The van der Waals surface area contributed by atoms with Gasteiger partial charge in [-0.25, -0.2) is 13.8 Å². The molecule has 0 radical (unpaired) electrons. The van der Waals surface area contributed by atoms with E-state index in [1.54, 1.807) is 24.3 Å². The molecule has 1 fully saturated rings. The van der Waals surface area contributed by atoms with Crippen molar-refractivity contribution in [3.8, 4) is 0 Å². The van der Waals surface area contributed by atoms with E-state index in [2.05, 4.69) is 39.1 Å². The Balaban J connectivity index is 1.18. The lowest BCUT2D eigenvalue weighted by Crippen LogP contribution is -2.48. The van der Waals surface area contributed by atoms with Crippen LogP contribution >= 0.6 is 11.3 Å². The van der Waals surface area contributed by atoms with Gasteiger partial charge in [-0.3, -0.25) is 14.6 Å². The van der Waals surface area contributed by atoms with Crippen LogP contribution in [0.2, 0.25) is 0 Å². The maximum Gasteiger partial charge on any atom is 0.273 e. The third kappa shape index (κ3) is 7.69. The number of thiazole rings is 1. The van der Waals surface area contributed by atoms with Gasteiger partial charge in [-0.05, 0) is 29.3 Å². The topological polar surface area (TPSA) is 39.7 Å². The van der Waals surface area contributed by atoms with Crippen LogP contribution in [0.3, 0.4) is 0 Å². The summed E-state index contributed by atoms with van der Waals surface area (Å²) in [6, 6.07) is 23.2. The van der Waals surface area contributed by atoms with Crippen molar-refractivity contribution in [1.82, 2.24) is 19.7 Å². The van der Waals surface area contributed by atoms with Crippen LogP contribution in [0, 0.1) is 11.6 Å². The number of carbonyl (C=O) groups excluding carboxylic acids is 1. The molecule has 0 aliphatic carbocycles. The molecule has 1 aliphatic rings. The molecule has 0 N–H and O–H groups in total. The maximum absolute atomic E-state index is 14.4. The van der Waals surface area contributed by atoms with Crippen LogP contribution in [0.25, 0.3) is 6.08 Å². The first-order valence-corrected chi connectivity index (χ1v) is 14.3. The number of piperazine rings is 1. The number of amides is 1. The highest BCUT2D eigenvalue weighted by molar-refractivity contribution is 7.09. The van der Waals surface area contributed by atoms with Crippen LogP contribution in [0.5, 0.6) is 0 Å².